The zero-order valence-electron chi connectivity index (χ0n) is 19.8. The van der Waals surface area contributed by atoms with Crippen molar-refractivity contribution in [3.05, 3.63) is 102 Å². The number of thiophene rings is 1. The standard InChI is InChI=1S/C25H19ClN4O7S/c1-2-36-21-10-16(9-20(26)24(21)37-14-15-3-5-18(6-4-15)29(32)33)13-27-28-25(31)23-12-17-11-19(30(34)35)7-8-22(17)38-23/h3-13H,2,14H2,1H3,(H,28,31)/b27-13-. The maximum atomic E-state index is 12.5. The van der Waals surface area contributed by atoms with E-state index >= 15 is 0 Å². The number of rotatable bonds is 10. The van der Waals surface area contributed by atoms with Gasteiger partial charge >= 0.3 is 0 Å². The van der Waals surface area contributed by atoms with Gasteiger partial charge in [-0.25, -0.2) is 5.43 Å². The van der Waals surface area contributed by atoms with Crippen LogP contribution in [0.2, 0.25) is 5.02 Å². The van der Waals surface area contributed by atoms with E-state index in [0.717, 1.165) is 4.70 Å². The van der Waals surface area contributed by atoms with Crippen molar-refractivity contribution >= 4 is 56.5 Å². The van der Waals surface area contributed by atoms with Crippen LogP contribution in [0.1, 0.15) is 27.7 Å². The van der Waals surface area contributed by atoms with Gasteiger partial charge in [-0.3, -0.25) is 25.0 Å². The van der Waals surface area contributed by atoms with Crippen molar-refractivity contribution in [1.82, 2.24) is 5.43 Å². The summed E-state index contributed by atoms with van der Waals surface area (Å²) in [7, 11) is 0. The number of hydrazone groups is 1. The summed E-state index contributed by atoms with van der Waals surface area (Å²) >= 11 is 7.62. The van der Waals surface area contributed by atoms with Crippen molar-refractivity contribution in [2.24, 2.45) is 5.10 Å². The summed E-state index contributed by atoms with van der Waals surface area (Å²) in [6.07, 6.45) is 1.39. The molecule has 3 aromatic carbocycles. The maximum absolute atomic E-state index is 12.5. The summed E-state index contributed by atoms with van der Waals surface area (Å²) in [4.78, 5) is 33.7. The Kier molecular flexibility index (Phi) is 8.14. The number of carbonyl (C=O) groups is 1. The predicted octanol–water partition coefficient (Wildman–Crippen LogP) is 6.11. The second-order valence-electron chi connectivity index (χ2n) is 7.76. The van der Waals surface area contributed by atoms with Crippen LogP contribution in [-0.2, 0) is 6.61 Å². The lowest BCUT2D eigenvalue weighted by Gasteiger charge is -2.14. The molecule has 0 unspecified atom stereocenters. The molecule has 1 heterocycles. The third kappa shape index (κ3) is 6.22. The number of hydrogen-bond donors (Lipinski definition) is 1. The molecule has 4 aromatic rings. The van der Waals surface area contributed by atoms with Crippen LogP contribution in [-0.4, -0.2) is 28.6 Å². The number of ether oxygens (including phenoxy) is 2. The summed E-state index contributed by atoms with van der Waals surface area (Å²) in [6, 6.07) is 15.2. The first-order valence-electron chi connectivity index (χ1n) is 11.1. The molecule has 0 atom stereocenters. The van der Waals surface area contributed by atoms with Gasteiger partial charge < -0.3 is 9.47 Å². The highest BCUT2D eigenvalue weighted by Gasteiger charge is 2.15. The quantitative estimate of drug-likeness (QED) is 0.141. The van der Waals surface area contributed by atoms with Crippen molar-refractivity contribution in [2.45, 2.75) is 13.5 Å². The summed E-state index contributed by atoms with van der Waals surface area (Å²) < 4.78 is 12.2. The predicted molar refractivity (Wildman–Crippen MR) is 144 cm³/mol. The van der Waals surface area contributed by atoms with Gasteiger partial charge in [-0.2, -0.15) is 5.10 Å². The minimum absolute atomic E-state index is 0.0196. The van der Waals surface area contributed by atoms with Crippen molar-refractivity contribution in [3.63, 3.8) is 0 Å². The highest BCUT2D eigenvalue weighted by atomic mass is 35.5. The van der Waals surface area contributed by atoms with E-state index in [1.54, 1.807) is 43.3 Å². The molecule has 1 N–H and O–H groups in total. The first kappa shape index (κ1) is 26.5. The topological polar surface area (TPSA) is 146 Å². The Hall–Kier alpha value is -4.55. The number of nitro benzene ring substituents is 2. The summed E-state index contributed by atoms with van der Waals surface area (Å²) in [5, 5.41) is 26.6. The van der Waals surface area contributed by atoms with Crippen molar-refractivity contribution in [2.75, 3.05) is 6.61 Å². The first-order valence-corrected chi connectivity index (χ1v) is 12.3. The van der Waals surface area contributed by atoms with Crippen LogP contribution in [0.4, 0.5) is 11.4 Å². The van der Waals surface area contributed by atoms with Crippen molar-refractivity contribution in [3.8, 4) is 11.5 Å². The van der Waals surface area contributed by atoms with E-state index in [2.05, 4.69) is 10.5 Å². The Morgan fingerprint density at radius 3 is 2.42 bits per heavy atom. The van der Waals surface area contributed by atoms with Crippen LogP contribution in [0.3, 0.4) is 0 Å². The average molecular weight is 555 g/mol. The molecule has 194 valence electrons. The van der Waals surface area contributed by atoms with Gasteiger partial charge in [0.2, 0.25) is 0 Å². The number of hydrogen-bond acceptors (Lipinski definition) is 9. The maximum Gasteiger partial charge on any atom is 0.281 e. The third-order valence-corrected chi connectivity index (χ3v) is 6.57. The number of halogens is 1. The van der Waals surface area contributed by atoms with E-state index in [-0.39, 0.29) is 23.0 Å². The summed E-state index contributed by atoms with van der Waals surface area (Å²) in [5.74, 6) is 0.192. The molecule has 4 rings (SSSR count). The van der Waals surface area contributed by atoms with Gasteiger partial charge in [0.25, 0.3) is 17.3 Å². The lowest BCUT2D eigenvalue weighted by Crippen LogP contribution is -2.16. The Bertz CT molecular complexity index is 1550. The number of benzene rings is 3. The van der Waals surface area contributed by atoms with Gasteiger partial charge in [-0.15, -0.1) is 11.3 Å². The Morgan fingerprint density at radius 2 is 1.74 bits per heavy atom. The van der Waals surface area contributed by atoms with Gasteiger partial charge in [-0.05, 0) is 54.4 Å². The number of nitrogens with one attached hydrogen (secondary N) is 1. The molecule has 0 saturated carbocycles. The molecule has 0 aliphatic rings. The molecule has 0 radical (unpaired) electrons. The fourth-order valence-electron chi connectivity index (χ4n) is 3.41. The molecule has 0 aliphatic carbocycles. The molecule has 38 heavy (non-hydrogen) atoms. The molecule has 0 saturated heterocycles. The molecular weight excluding hydrogens is 536 g/mol. The number of nitro groups is 2. The SMILES string of the molecule is CCOc1cc(/C=N\NC(=O)c2cc3cc([N+](=O)[O-])ccc3s2)cc(Cl)c1OCc1ccc([N+](=O)[O-])cc1. The van der Waals surface area contributed by atoms with Crippen LogP contribution >= 0.6 is 22.9 Å². The molecule has 0 aliphatic heterocycles. The Balaban J connectivity index is 1.45. The number of carbonyl (C=O) groups excluding carboxylic acids is 1. The van der Waals surface area contributed by atoms with E-state index in [1.165, 1.54) is 41.8 Å². The van der Waals surface area contributed by atoms with Crippen LogP contribution < -0.4 is 14.9 Å². The van der Waals surface area contributed by atoms with E-state index in [9.17, 15) is 25.0 Å². The van der Waals surface area contributed by atoms with E-state index in [0.29, 0.717) is 39.5 Å². The molecule has 13 heteroatoms. The average Bonchev–Trinajstić information content (AvgIpc) is 3.32. The highest BCUT2D eigenvalue weighted by molar-refractivity contribution is 7.20. The molecule has 0 bridgehead atoms. The highest BCUT2D eigenvalue weighted by Crippen LogP contribution is 2.37. The number of nitrogens with zero attached hydrogens (tertiary/aromatic N) is 3. The molecule has 1 aromatic heterocycles. The zero-order valence-corrected chi connectivity index (χ0v) is 21.3. The zero-order chi connectivity index (χ0) is 27.2. The smallest absolute Gasteiger partial charge is 0.281 e. The second-order valence-corrected chi connectivity index (χ2v) is 9.26. The van der Waals surface area contributed by atoms with Crippen LogP contribution in [0.25, 0.3) is 10.1 Å². The normalized spacial score (nSPS) is 11.0. The lowest BCUT2D eigenvalue weighted by molar-refractivity contribution is -0.385. The van der Waals surface area contributed by atoms with Crippen molar-refractivity contribution in [1.29, 1.82) is 0 Å². The van der Waals surface area contributed by atoms with E-state index < -0.39 is 15.8 Å². The Labute approximate surface area is 224 Å². The van der Waals surface area contributed by atoms with E-state index in [1.807, 2.05) is 0 Å². The van der Waals surface area contributed by atoms with Gasteiger partial charge in [0.1, 0.15) is 6.61 Å². The largest absolute Gasteiger partial charge is 0.490 e. The first-order chi connectivity index (χ1) is 18.2. The fourth-order valence-corrected chi connectivity index (χ4v) is 4.62. The minimum atomic E-state index is -0.491. The molecule has 0 spiro atoms. The summed E-state index contributed by atoms with van der Waals surface area (Å²) in [5.41, 5.74) is 3.60. The van der Waals surface area contributed by atoms with Gasteiger partial charge in [0.15, 0.2) is 11.5 Å². The molecular formula is C25H19ClN4O7S. The Morgan fingerprint density at radius 1 is 1.03 bits per heavy atom. The molecule has 1 amide bonds. The van der Waals surface area contributed by atoms with Crippen LogP contribution in [0.15, 0.2) is 65.8 Å². The fraction of sp³-hybridized carbons (Fsp3) is 0.120. The number of amides is 1. The van der Waals surface area contributed by atoms with Gasteiger partial charge in [0, 0.05) is 34.4 Å². The van der Waals surface area contributed by atoms with Crippen LogP contribution in [0.5, 0.6) is 11.5 Å². The number of non-ortho nitro benzene ring substituents is 2. The van der Waals surface area contributed by atoms with Crippen LogP contribution in [0, 0.1) is 20.2 Å². The second kappa shape index (κ2) is 11.7. The van der Waals surface area contributed by atoms with E-state index in [4.69, 9.17) is 21.1 Å². The lowest BCUT2D eigenvalue weighted by atomic mass is 10.2. The molecule has 0 fully saturated rings. The monoisotopic (exact) mass is 554 g/mol. The van der Waals surface area contributed by atoms with Crippen molar-refractivity contribution < 1.29 is 24.1 Å². The number of fused-ring (bicyclic) bond motifs is 1. The third-order valence-electron chi connectivity index (χ3n) is 5.18. The summed E-state index contributed by atoms with van der Waals surface area (Å²) in [6.45, 7) is 2.25. The minimum Gasteiger partial charge on any atom is -0.490 e. The van der Waals surface area contributed by atoms with Gasteiger partial charge in [-0.1, -0.05) is 11.6 Å². The molecule has 11 nitrogen and oxygen atoms in total. The van der Waals surface area contributed by atoms with Gasteiger partial charge in [0.05, 0.1) is 32.6 Å².